The second-order valence-electron chi connectivity index (χ2n) is 7.44. The Labute approximate surface area is 171 Å². The van der Waals surface area contributed by atoms with E-state index in [0.717, 1.165) is 46.4 Å². The highest BCUT2D eigenvalue weighted by molar-refractivity contribution is 6.21. The smallest absolute Gasteiger partial charge is 0.199 e. The fourth-order valence-electron chi connectivity index (χ4n) is 3.45. The highest BCUT2D eigenvalue weighted by Crippen LogP contribution is 2.31. The highest BCUT2D eigenvalue weighted by Gasteiger charge is 2.18. The molecule has 0 saturated heterocycles. The Hall–Kier alpha value is -3.37. The average Bonchev–Trinajstić information content (AvgIpc) is 3.07. The number of aromatic hydroxyl groups is 1. The lowest BCUT2D eigenvalue weighted by atomic mass is 10.0. The van der Waals surface area contributed by atoms with Crippen molar-refractivity contribution in [2.24, 2.45) is 4.99 Å². The predicted octanol–water partition coefficient (Wildman–Crippen LogP) is 5.15. The number of aromatic amines is 1. The third kappa shape index (κ3) is 4.23. The first kappa shape index (κ1) is 19.0. The molecule has 0 aliphatic carbocycles. The van der Waals surface area contributed by atoms with Gasteiger partial charge < -0.3 is 15.0 Å². The first-order valence-corrected chi connectivity index (χ1v) is 9.79. The van der Waals surface area contributed by atoms with Crippen LogP contribution in [0.1, 0.15) is 16.7 Å². The molecule has 2 N–H and O–H groups in total. The molecule has 4 aromatic rings. The number of para-hydroxylation sites is 1. The maximum atomic E-state index is 10.7. The molecule has 0 spiro atoms. The molecule has 1 aromatic heterocycles. The molecule has 0 amide bonds. The first-order chi connectivity index (χ1) is 14.1. The molecule has 0 saturated carbocycles. The summed E-state index contributed by atoms with van der Waals surface area (Å²) < 4.78 is 0. The molecular formula is C25H25N3O. The van der Waals surface area contributed by atoms with E-state index in [1.54, 1.807) is 0 Å². The fraction of sp³-hybridized carbons (Fsp3) is 0.160. The Bertz CT molecular complexity index is 1130. The summed E-state index contributed by atoms with van der Waals surface area (Å²) in [5, 5.41) is 11.6. The summed E-state index contributed by atoms with van der Waals surface area (Å²) in [6, 6.07) is 26.2. The number of H-pyrrole nitrogens is 1. The summed E-state index contributed by atoms with van der Waals surface area (Å²) in [4.78, 5) is 10.2. The lowest BCUT2D eigenvalue weighted by molar-refractivity contribution is 0.413. The van der Waals surface area contributed by atoms with E-state index in [2.05, 4.69) is 36.1 Å². The number of nitrogens with one attached hydrogen (secondary N) is 1. The number of nitrogens with zero attached hydrogens (tertiary/aromatic N) is 2. The monoisotopic (exact) mass is 383 g/mol. The molecule has 0 atom stereocenters. The third-order valence-corrected chi connectivity index (χ3v) is 5.00. The van der Waals surface area contributed by atoms with Crippen molar-refractivity contribution < 1.29 is 5.11 Å². The largest absolute Gasteiger partial charge is 0.494 e. The zero-order valence-electron chi connectivity index (χ0n) is 16.8. The number of rotatable bonds is 6. The van der Waals surface area contributed by atoms with Gasteiger partial charge in [-0.1, -0.05) is 60.7 Å². The summed E-state index contributed by atoms with van der Waals surface area (Å²) in [6.07, 6.45) is 1.01. The Morgan fingerprint density at radius 1 is 0.897 bits per heavy atom. The van der Waals surface area contributed by atoms with Gasteiger partial charge in [0.1, 0.15) is 0 Å². The first-order valence-electron chi connectivity index (χ1n) is 9.79. The van der Waals surface area contributed by atoms with Crippen molar-refractivity contribution in [3.05, 3.63) is 95.6 Å². The zero-order valence-corrected chi connectivity index (χ0v) is 16.8. The molecule has 0 unspecified atom stereocenters. The van der Waals surface area contributed by atoms with Crippen LogP contribution >= 0.6 is 0 Å². The molecule has 0 bridgehead atoms. The van der Waals surface area contributed by atoms with Crippen molar-refractivity contribution in [1.29, 1.82) is 0 Å². The zero-order chi connectivity index (χ0) is 20.2. The van der Waals surface area contributed by atoms with E-state index in [0.29, 0.717) is 0 Å². The number of fused-ring (bicyclic) bond motifs is 1. The molecule has 0 fully saturated rings. The number of benzene rings is 3. The molecule has 0 aliphatic rings. The van der Waals surface area contributed by atoms with E-state index in [1.165, 1.54) is 5.56 Å². The minimum atomic E-state index is 0.136. The van der Waals surface area contributed by atoms with Gasteiger partial charge in [-0.3, -0.25) is 0 Å². The number of likely N-dealkylation sites (N-methyl/N-ethyl adjacent to an activating group) is 1. The van der Waals surface area contributed by atoms with Crippen LogP contribution < -0.4 is 0 Å². The van der Waals surface area contributed by atoms with Crippen LogP contribution in [0.3, 0.4) is 0 Å². The SMILES string of the molecule is CN(C)CCc1ccc(N=C(c2ccccc2)c2c(O)[nH]c3ccccc23)cc1. The summed E-state index contributed by atoms with van der Waals surface area (Å²) in [7, 11) is 4.16. The normalized spacial score (nSPS) is 12.0. The van der Waals surface area contributed by atoms with Crippen LogP contribution in [-0.2, 0) is 6.42 Å². The molecule has 0 aliphatic heterocycles. The van der Waals surface area contributed by atoms with Crippen molar-refractivity contribution in [3.8, 4) is 5.88 Å². The van der Waals surface area contributed by atoms with E-state index in [9.17, 15) is 5.11 Å². The molecule has 0 radical (unpaired) electrons. The van der Waals surface area contributed by atoms with Gasteiger partial charge in [0.2, 0.25) is 0 Å². The van der Waals surface area contributed by atoms with Gasteiger partial charge in [-0.25, -0.2) is 4.99 Å². The summed E-state index contributed by atoms with van der Waals surface area (Å²) in [6.45, 7) is 1.01. The molecule has 4 heteroatoms. The standard InChI is InChI=1S/C25H25N3O/c1-28(2)17-16-18-12-14-20(15-13-18)26-24(19-8-4-3-5-9-19)23-21-10-6-7-11-22(21)27-25(23)29/h3-15,27,29H,16-17H2,1-2H3. The minimum absolute atomic E-state index is 0.136. The van der Waals surface area contributed by atoms with Gasteiger partial charge in [-0.15, -0.1) is 0 Å². The van der Waals surface area contributed by atoms with Crippen molar-refractivity contribution in [1.82, 2.24) is 9.88 Å². The summed E-state index contributed by atoms with van der Waals surface area (Å²) in [5.41, 5.74) is 5.48. The van der Waals surface area contributed by atoms with Gasteiger partial charge in [-0.2, -0.15) is 0 Å². The quantitative estimate of drug-likeness (QED) is 0.453. The maximum absolute atomic E-state index is 10.7. The Balaban J connectivity index is 1.79. The lowest BCUT2D eigenvalue weighted by Gasteiger charge is -2.10. The predicted molar refractivity (Wildman–Crippen MR) is 120 cm³/mol. The van der Waals surface area contributed by atoms with Crippen LogP contribution in [0.25, 0.3) is 10.9 Å². The Morgan fingerprint density at radius 3 is 2.31 bits per heavy atom. The molecule has 146 valence electrons. The Kier molecular flexibility index (Phi) is 5.45. The molecule has 4 nitrogen and oxygen atoms in total. The van der Waals surface area contributed by atoms with Gasteiger partial charge in [-0.05, 0) is 44.3 Å². The number of hydrogen-bond acceptors (Lipinski definition) is 3. The third-order valence-electron chi connectivity index (χ3n) is 5.00. The van der Waals surface area contributed by atoms with Crippen molar-refractivity contribution in [2.75, 3.05) is 20.6 Å². The molecule has 29 heavy (non-hydrogen) atoms. The van der Waals surface area contributed by atoms with Gasteiger partial charge in [0.25, 0.3) is 0 Å². The number of aliphatic imine (C=N–C) groups is 1. The van der Waals surface area contributed by atoms with Gasteiger partial charge in [0.05, 0.1) is 17.0 Å². The van der Waals surface area contributed by atoms with E-state index >= 15 is 0 Å². The van der Waals surface area contributed by atoms with Crippen LogP contribution in [0.4, 0.5) is 5.69 Å². The lowest BCUT2D eigenvalue weighted by Crippen LogP contribution is -2.14. The second kappa shape index (κ2) is 8.33. The summed E-state index contributed by atoms with van der Waals surface area (Å²) >= 11 is 0. The van der Waals surface area contributed by atoms with Crippen LogP contribution in [-0.4, -0.2) is 41.3 Å². The summed E-state index contributed by atoms with van der Waals surface area (Å²) in [5.74, 6) is 0.136. The minimum Gasteiger partial charge on any atom is -0.494 e. The van der Waals surface area contributed by atoms with Crippen molar-refractivity contribution in [3.63, 3.8) is 0 Å². The van der Waals surface area contributed by atoms with Gasteiger partial charge >= 0.3 is 0 Å². The van der Waals surface area contributed by atoms with E-state index in [-0.39, 0.29) is 5.88 Å². The number of aromatic nitrogens is 1. The van der Waals surface area contributed by atoms with Crippen molar-refractivity contribution in [2.45, 2.75) is 6.42 Å². The Morgan fingerprint density at radius 2 is 1.59 bits per heavy atom. The highest BCUT2D eigenvalue weighted by atomic mass is 16.3. The van der Waals surface area contributed by atoms with Crippen molar-refractivity contribution >= 4 is 22.3 Å². The van der Waals surface area contributed by atoms with E-state index in [4.69, 9.17) is 4.99 Å². The molecule has 4 rings (SSSR count). The van der Waals surface area contributed by atoms with Crippen LogP contribution in [0.15, 0.2) is 83.9 Å². The van der Waals surface area contributed by atoms with Gasteiger partial charge in [0.15, 0.2) is 5.88 Å². The topological polar surface area (TPSA) is 51.6 Å². The van der Waals surface area contributed by atoms with Crippen LogP contribution in [0.5, 0.6) is 5.88 Å². The van der Waals surface area contributed by atoms with E-state index in [1.807, 2.05) is 66.7 Å². The van der Waals surface area contributed by atoms with E-state index < -0.39 is 0 Å². The maximum Gasteiger partial charge on any atom is 0.199 e. The number of hydrogen-bond donors (Lipinski definition) is 2. The fourth-order valence-corrected chi connectivity index (χ4v) is 3.45. The van der Waals surface area contributed by atoms with Crippen LogP contribution in [0, 0.1) is 0 Å². The molecular weight excluding hydrogens is 358 g/mol. The molecule has 1 heterocycles. The average molecular weight is 383 g/mol. The van der Waals surface area contributed by atoms with Crippen LogP contribution in [0.2, 0.25) is 0 Å². The second-order valence-corrected chi connectivity index (χ2v) is 7.44. The molecule has 3 aromatic carbocycles. The van der Waals surface area contributed by atoms with Gasteiger partial charge in [0, 0.05) is 23.0 Å².